The second-order valence-electron chi connectivity index (χ2n) is 11.6. The van der Waals surface area contributed by atoms with Crippen molar-refractivity contribution in [3.8, 4) is 0 Å². The van der Waals surface area contributed by atoms with E-state index < -0.39 is 49.5 Å². The molecule has 1 saturated heterocycles. The van der Waals surface area contributed by atoms with Gasteiger partial charge in [0.1, 0.15) is 30.5 Å². The van der Waals surface area contributed by atoms with Gasteiger partial charge in [-0.15, -0.1) is 0 Å². The van der Waals surface area contributed by atoms with Crippen molar-refractivity contribution in [2.75, 3.05) is 20.3 Å². The van der Waals surface area contributed by atoms with Crippen LogP contribution in [0, 0.1) is 29.1 Å². The van der Waals surface area contributed by atoms with E-state index in [0.29, 0.717) is 12.5 Å². The normalized spacial score (nSPS) is 47.8. The lowest BCUT2D eigenvalue weighted by Crippen LogP contribution is -2.60. The zero-order valence-corrected chi connectivity index (χ0v) is 21.6. The number of hydrogen-bond donors (Lipinski definition) is 5. The molecule has 0 radical (unpaired) electrons. The molecule has 35 heavy (non-hydrogen) atoms. The molecule has 0 amide bonds. The summed E-state index contributed by atoms with van der Waals surface area (Å²) in [5, 5.41) is 52.7. The quantitative estimate of drug-likeness (QED) is 0.350. The third-order valence-corrected chi connectivity index (χ3v) is 9.05. The molecular formula is C27H44O8. The molecule has 0 unspecified atom stereocenters. The molecule has 200 valence electrons. The van der Waals surface area contributed by atoms with Crippen LogP contribution in [0.2, 0.25) is 0 Å². The van der Waals surface area contributed by atoms with E-state index in [4.69, 9.17) is 14.2 Å². The number of methoxy groups -OCH3 is 1. The first-order chi connectivity index (χ1) is 16.5. The Labute approximate surface area is 208 Å². The lowest BCUT2D eigenvalue weighted by atomic mass is 9.68. The number of rotatable bonds is 6. The van der Waals surface area contributed by atoms with Gasteiger partial charge in [0.15, 0.2) is 6.29 Å². The fourth-order valence-corrected chi connectivity index (χ4v) is 7.00. The highest BCUT2D eigenvalue weighted by atomic mass is 16.7. The standard InChI is InChI=1S/C27H44O8/c1-13(2)16-8-9-27(4)10-18-15(12-33-5)6-7-17(18)14(3)21(29)25(20(16)27)35-26-24(32)23(31)22(30)19(11-28)34-26/h10,13-15,17,19,21-26,28-32H,6-9,11-12H2,1-5H3/b18-10-/t14-,15-,17+,19-,21-,22-,23+,24-,25-,26-,27-/m1/s1. The number of allylic oxidation sites excluding steroid dienone is 2. The van der Waals surface area contributed by atoms with E-state index in [9.17, 15) is 25.5 Å². The Kier molecular flexibility index (Phi) is 8.16. The molecule has 2 fully saturated rings. The second-order valence-corrected chi connectivity index (χ2v) is 11.6. The molecule has 0 aromatic heterocycles. The van der Waals surface area contributed by atoms with Gasteiger partial charge in [-0.1, -0.05) is 44.9 Å². The monoisotopic (exact) mass is 496 g/mol. The summed E-state index contributed by atoms with van der Waals surface area (Å²) in [4.78, 5) is 0. The molecule has 0 bridgehead atoms. The molecule has 8 nitrogen and oxygen atoms in total. The van der Waals surface area contributed by atoms with E-state index in [1.165, 1.54) is 11.1 Å². The van der Waals surface area contributed by atoms with Gasteiger partial charge in [0.05, 0.1) is 19.3 Å². The predicted octanol–water partition coefficient (Wildman–Crippen LogP) is 1.53. The predicted molar refractivity (Wildman–Crippen MR) is 129 cm³/mol. The number of hydrogen-bond acceptors (Lipinski definition) is 8. The van der Waals surface area contributed by atoms with Crippen LogP contribution in [0.5, 0.6) is 0 Å². The summed E-state index contributed by atoms with van der Waals surface area (Å²) in [7, 11) is 1.74. The Morgan fingerprint density at radius 2 is 1.80 bits per heavy atom. The van der Waals surface area contributed by atoms with E-state index in [0.717, 1.165) is 31.3 Å². The van der Waals surface area contributed by atoms with Gasteiger partial charge >= 0.3 is 0 Å². The molecule has 3 aliphatic carbocycles. The van der Waals surface area contributed by atoms with Gasteiger partial charge in [0.2, 0.25) is 0 Å². The zero-order chi connectivity index (χ0) is 25.7. The van der Waals surface area contributed by atoms with E-state index in [1.54, 1.807) is 7.11 Å². The van der Waals surface area contributed by atoms with Gasteiger partial charge in [-0.2, -0.15) is 0 Å². The maximum atomic E-state index is 11.8. The highest BCUT2D eigenvalue weighted by molar-refractivity contribution is 5.41. The third-order valence-electron chi connectivity index (χ3n) is 9.05. The highest BCUT2D eigenvalue weighted by Gasteiger charge is 2.52. The van der Waals surface area contributed by atoms with Gasteiger partial charge in [-0.05, 0) is 49.0 Å². The van der Waals surface area contributed by atoms with E-state index >= 15 is 0 Å². The summed E-state index contributed by atoms with van der Waals surface area (Å²) in [5.74, 6) is 0.683. The first kappa shape index (κ1) is 27.2. The van der Waals surface area contributed by atoms with Crippen LogP contribution in [0.15, 0.2) is 22.8 Å². The third kappa shape index (κ3) is 4.77. The van der Waals surface area contributed by atoms with Crippen molar-refractivity contribution >= 4 is 0 Å². The summed E-state index contributed by atoms with van der Waals surface area (Å²) in [6.45, 7) is 8.69. The van der Waals surface area contributed by atoms with Gasteiger partial charge in [-0.3, -0.25) is 0 Å². The molecular weight excluding hydrogens is 452 g/mol. The molecule has 8 heteroatoms. The molecule has 5 N–H and O–H groups in total. The molecule has 4 aliphatic rings. The number of ether oxygens (including phenoxy) is 3. The molecule has 1 aliphatic heterocycles. The van der Waals surface area contributed by atoms with Crippen LogP contribution < -0.4 is 0 Å². The Hall–Kier alpha value is -0.840. The second kappa shape index (κ2) is 10.5. The topological polar surface area (TPSA) is 129 Å². The van der Waals surface area contributed by atoms with Gasteiger partial charge < -0.3 is 39.7 Å². The molecule has 0 spiro atoms. The van der Waals surface area contributed by atoms with Crippen LogP contribution in [0.1, 0.15) is 53.4 Å². The van der Waals surface area contributed by atoms with Crippen LogP contribution >= 0.6 is 0 Å². The smallest absolute Gasteiger partial charge is 0.187 e. The maximum Gasteiger partial charge on any atom is 0.187 e. The maximum absolute atomic E-state index is 11.8. The van der Waals surface area contributed by atoms with E-state index in [1.807, 2.05) is 0 Å². The number of fused-ring (bicyclic) bond motifs is 2. The molecule has 1 saturated carbocycles. The first-order valence-corrected chi connectivity index (χ1v) is 13.1. The van der Waals surface area contributed by atoms with Crippen LogP contribution in [0.4, 0.5) is 0 Å². The zero-order valence-electron chi connectivity index (χ0n) is 21.6. The Morgan fingerprint density at radius 3 is 2.43 bits per heavy atom. The van der Waals surface area contributed by atoms with Gasteiger partial charge in [-0.25, -0.2) is 0 Å². The summed E-state index contributed by atoms with van der Waals surface area (Å²) >= 11 is 0. The fraction of sp³-hybridized carbons (Fsp3) is 0.852. The van der Waals surface area contributed by atoms with E-state index in [-0.39, 0.29) is 23.2 Å². The van der Waals surface area contributed by atoms with Crippen molar-refractivity contribution in [3.63, 3.8) is 0 Å². The minimum Gasteiger partial charge on any atom is -0.394 e. The number of aliphatic hydroxyl groups is 5. The molecule has 0 aromatic rings. The van der Waals surface area contributed by atoms with Crippen molar-refractivity contribution in [1.29, 1.82) is 0 Å². The highest BCUT2D eigenvalue weighted by Crippen LogP contribution is 2.55. The number of aliphatic hydroxyl groups excluding tert-OH is 5. The van der Waals surface area contributed by atoms with Crippen molar-refractivity contribution in [1.82, 2.24) is 0 Å². The summed E-state index contributed by atoms with van der Waals surface area (Å²) in [5.41, 5.74) is 3.31. The lowest BCUT2D eigenvalue weighted by Gasteiger charge is -2.45. The Balaban J connectivity index is 1.77. The molecule has 1 heterocycles. The molecule has 4 rings (SSSR count). The van der Waals surface area contributed by atoms with Crippen molar-refractivity contribution in [3.05, 3.63) is 22.8 Å². The van der Waals surface area contributed by atoms with Crippen LogP contribution in [0.3, 0.4) is 0 Å². The van der Waals surface area contributed by atoms with Crippen molar-refractivity contribution in [2.45, 2.75) is 96.3 Å². The van der Waals surface area contributed by atoms with Crippen molar-refractivity contribution < 1.29 is 39.7 Å². The van der Waals surface area contributed by atoms with Crippen LogP contribution in [-0.4, -0.2) is 88.8 Å². The average molecular weight is 497 g/mol. The molecule has 0 aromatic carbocycles. The van der Waals surface area contributed by atoms with Gasteiger partial charge in [0, 0.05) is 18.4 Å². The van der Waals surface area contributed by atoms with Crippen LogP contribution in [0.25, 0.3) is 0 Å². The largest absolute Gasteiger partial charge is 0.394 e. The lowest BCUT2D eigenvalue weighted by molar-refractivity contribution is -0.315. The first-order valence-electron chi connectivity index (χ1n) is 13.1. The fourth-order valence-electron chi connectivity index (χ4n) is 7.00. The minimum atomic E-state index is -1.53. The summed E-state index contributed by atoms with van der Waals surface area (Å²) < 4.78 is 17.6. The SMILES string of the molecule is COC[C@H]1CC[C@@H]2/C1=C\[C@@]1(C)CCC(C(C)C)=C1[C@@H](O[C@H]1O[C@H](CO)[C@@H](O)[C@H](O)[C@H]1O)[C@H](O)[C@@H]2C. The van der Waals surface area contributed by atoms with Crippen molar-refractivity contribution in [2.24, 2.45) is 29.1 Å². The Morgan fingerprint density at radius 1 is 1.09 bits per heavy atom. The van der Waals surface area contributed by atoms with E-state index in [2.05, 4.69) is 33.8 Å². The summed E-state index contributed by atoms with van der Waals surface area (Å²) in [6.07, 6.45) is -2.28. The minimum absolute atomic E-state index is 0.107. The summed E-state index contributed by atoms with van der Waals surface area (Å²) in [6, 6.07) is 0. The van der Waals surface area contributed by atoms with Gasteiger partial charge in [0.25, 0.3) is 0 Å². The Bertz CT molecular complexity index is 822. The average Bonchev–Trinajstić information content (AvgIpc) is 3.36. The van der Waals surface area contributed by atoms with Crippen LogP contribution in [-0.2, 0) is 14.2 Å². The molecule has 11 atom stereocenters.